The number of methoxy groups -OCH3 is 2. The molecular weight excluding hydrogens is 214 g/mol. The highest BCUT2D eigenvalue weighted by molar-refractivity contribution is 5.48. The molecule has 0 saturated carbocycles. The fourth-order valence-electron chi connectivity index (χ4n) is 1.76. The monoisotopic (exact) mass is 233 g/mol. The predicted molar refractivity (Wildman–Crippen MR) is 69.4 cm³/mol. The lowest BCUT2D eigenvalue weighted by Gasteiger charge is -2.19. The van der Waals surface area contributed by atoms with E-state index in [4.69, 9.17) is 9.47 Å². The molecule has 1 aromatic rings. The van der Waals surface area contributed by atoms with Gasteiger partial charge in [0, 0.05) is 18.0 Å². The van der Waals surface area contributed by atoms with Gasteiger partial charge in [-0.1, -0.05) is 12.1 Å². The summed E-state index contributed by atoms with van der Waals surface area (Å²) in [5.41, 5.74) is 1.07. The summed E-state index contributed by atoms with van der Waals surface area (Å²) < 4.78 is 10.7. The van der Waals surface area contributed by atoms with Crippen LogP contribution in [0.3, 0.4) is 0 Å². The predicted octanol–water partition coefficient (Wildman–Crippen LogP) is 2.38. The van der Waals surface area contributed by atoms with Crippen LogP contribution >= 0.6 is 0 Å². The van der Waals surface area contributed by atoms with E-state index < -0.39 is 0 Å². The quantitative estimate of drug-likeness (QED) is 0.792. The van der Waals surface area contributed by atoms with Crippen LogP contribution in [-0.2, 0) is 0 Å². The topological polar surface area (TPSA) is 30.5 Å². The molecule has 3 heteroatoms. The smallest absolute Gasteiger partial charge is 0.165 e. The maximum Gasteiger partial charge on any atom is 0.165 e. The van der Waals surface area contributed by atoms with Crippen LogP contribution in [0.2, 0.25) is 0 Å². The largest absolute Gasteiger partial charge is 0.493 e. The van der Waals surface area contributed by atoms with Crippen LogP contribution in [0.4, 0.5) is 0 Å². The van der Waals surface area contributed by atoms with Crippen molar-refractivity contribution in [2.75, 3.05) is 21.3 Å². The van der Waals surface area contributed by atoms with Gasteiger partial charge in [-0.15, -0.1) is 11.8 Å². The number of rotatable bonds is 5. The Morgan fingerprint density at radius 3 is 2.59 bits per heavy atom. The maximum atomic E-state index is 5.42. The Balaban J connectivity index is 3.12. The SMILES string of the molecule is CC#CCC(NC)c1cccc(OC)c1OC. The molecule has 17 heavy (non-hydrogen) atoms. The number of para-hydroxylation sites is 1. The summed E-state index contributed by atoms with van der Waals surface area (Å²) in [7, 11) is 5.21. The van der Waals surface area contributed by atoms with Crippen LogP contribution in [0.15, 0.2) is 18.2 Å². The van der Waals surface area contributed by atoms with Crippen molar-refractivity contribution in [3.63, 3.8) is 0 Å². The number of hydrogen-bond acceptors (Lipinski definition) is 3. The molecule has 1 atom stereocenters. The third-order valence-corrected chi connectivity index (χ3v) is 2.64. The molecule has 92 valence electrons. The van der Waals surface area contributed by atoms with Gasteiger partial charge in [-0.2, -0.15) is 0 Å². The van der Waals surface area contributed by atoms with Crippen molar-refractivity contribution >= 4 is 0 Å². The Morgan fingerprint density at radius 1 is 1.29 bits per heavy atom. The summed E-state index contributed by atoms with van der Waals surface area (Å²) in [6, 6.07) is 6.02. The molecule has 3 nitrogen and oxygen atoms in total. The van der Waals surface area contributed by atoms with Crippen LogP contribution in [-0.4, -0.2) is 21.3 Å². The van der Waals surface area contributed by atoms with Crippen molar-refractivity contribution in [2.45, 2.75) is 19.4 Å². The second-order valence-corrected chi connectivity index (χ2v) is 3.55. The zero-order valence-electron chi connectivity index (χ0n) is 10.8. The second kappa shape index (κ2) is 6.82. The molecule has 0 aliphatic heterocycles. The van der Waals surface area contributed by atoms with E-state index in [9.17, 15) is 0 Å². The van der Waals surface area contributed by atoms with Crippen molar-refractivity contribution in [3.8, 4) is 23.3 Å². The first-order valence-electron chi connectivity index (χ1n) is 5.56. The van der Waals surface area contributed by atoms with Crippen molar-refractivity contribution in [3.05, 3.63) is 23.8 Å². The average Bonchev–Trinajstić information content (AvgIpc) is 2.39. The van der Waals surface area contributed by atoms with Crippen LogP contribution in [0.25, 0.3) is 0 Å². The van der Waals surface area contributed by atoms with Crippen molar-refractivity contribution in [1.82, 2.24) is 5.32 Å². The molecule has 0 aromatic heterocycles. The van der Waals surface area contributed by atoms with Gasteiger partial charge in [0.15, 0.2) is 11.5 Å². The van der Waals surface area contributed by atoms with Crippen LogP contribution in [0.1, 0.15) is 24.9 Å². The summed E-state index contributed by atoms with van der Waals surface area (Å²) in [6.07, 6.45) is 0.747. The lowest BCUT2D eigenvalue weighted by Crippen LogP contribution is -2.16. The molecule has 0 spiro atoms. The number of hydrogen-bond donors (Lipinski definition) is 1. The van der Waals surface area contributed by atoms with E-state index in [2.05, 4.69) is 17.2 Å². The highest BCUT2D eigenvalue weighted by Crippen LogP contribution is 2.35. The Hall–Kier alpha value is -1.66. The lowest BCUT2D eigenvalue weighted by atomic mass is 10.0. The van der Waals surface area contributed by atoms with Crippen LogP contribution < -0.4 is 14.8 Å². The van der Waals surface area contributed by atoms with Gasteiger partial charge in [0.05, 0.1) is 14.2 Å². The third kappa shape index (κ3) is 3.15. The molecule has 1 N–H and O–H groups in total. The standard InChI is InChI=1S/C14H19NO2/c1-5-6-9-12(15-2)11-8-7-10-13(16-3)14(11)17-4/h7-8,10,12,15H,9H2,1-4H3. The Morgan fingerprint density at radius 2 is 2.06 bits per heavy atom. The minimum atomic E-state index is 0.146. The fraction of sp³-hybridized carbons (Fsp3) is 0.429. The van der Waals surface area contributed by atoms with E-state index in [0.29, 0.717) is 0 Å². The zero-order chi connectivity index (χ0) is 12.7. The van der Waals surface area contributed by atoms with Crippen LogP contribution in [0.5, 0.6) is 11.5 Å². The van der Waals surface area contributed by atoms with Crippen molar-refractivity contribution in [1.29, 1.82) is 0 Å². The summed E-state index contributed by atoms with van der Waals surface area (Å²) in [6.45, 7) is 1.84. The molecule has 1 rings (SSSR count). The van der Waals surface area contributed by atoms with E-state index >= 15 is 0 Å². The summed E-state index contributed by atoms with van der Waals surface area (Å²) >= 11 is 0. The Kier molecular flexibility index (Phi) is 5.38. The third-order valence-electron chi connectivity index (χ3n) is 2.64. The highest BCUT2D eigenvalue weighted by Gasteiger charge is 2.16. The summed E-state index contributed by atoms with van der Waals surface area (Å²) in [5, 5.41) is 3.24. The number of nitrogens with one attached hydrogen (secondary N) is 1. The van der Waals surface area contributed by atoms with Crippen LogP contribution in [0, 0.1) is 11.8 Å². The molecule has 0 bridgehead atoms. The first-order chi connectivity index (χ1) is 8.28. The van der Waals surface area contributed by atoms with Crippen molar-refractivity contribution in [2.24, 2.45) is 0 Å². The molecule has 1 unspecified atom stereocenters. The van der Waals surface area contributed by atoms with Gasteiger partial charge < -0.3 is 14.8 Å². The maximum absolute atomic E-state index is 5.42. The molecule has 0 aliphatic rings. The van der Waals surface area contributed by atoms with Gasteiger partial charge in [0.2, 0.25) is 0 Å². The number of benzene rings is 1. The number of ether oxygens (including phenoxy) is 2. The van der Waals surface area contributed by atoms with E-state index in [1.54, 1.807) is 14.2 Å². The van der Waals surface area contributed by atoms with Gasteiger partial charge >= 0.3 is 0 Å². The van der Waals surface area contributed by atoms with Gasteiger partial charge in [-0.3, -0.25) is 0 Å². The molecule has 0 saturated heterocycles. The first kappa shape index (κ1) is 13.4. The van der Waals surface area contributed by atoms with Crippen molar-refractivity contribution < 1.29 is 9.47 Å². The van der Waals surface area contributed by atoms with E-state index in [-0.39, 0.29) is 6.04 Å². The Bertz CT molecular complexity index is 418. The minimum Gasteiger partial charge on any atom is -0.493 e. The minimum absolute atomic E-state index is 0.146. The average molecular weight is 233 g/mol. The molecule has 0 fully saturated rings. The Labute approximate surface area is 103 Å². The summed E-state index contributed by atoms with van der Waals surface area (Å²) in [4.78, 5) is 0. The molecule has 0 heterocycles. The molecular formula is C14H19NO2. The van der Waals surface area contributed by atoms with E-state index in [1.807, 2.05) is 32.2 Å². The molecule has 1 aromatic carbocycles. The fourth-order valence-corrected chi connectivity index (χ4v) is 1.76. The lowest BCUT2D eigenvalue weighted by molar-refractivity contribution is 0.347. The molecule has 0 radical (unpaired) electrons. The second-order valence-electron chi connectivity index (χ2n) is 3.55. The van der Waals surface area contributed by atoms with Gasteiger partial charge in [-0.05, 0) is 20.0 Å². The van der Waals surface area contributed by atoms with E-state index in [0.717, 1.165) is 23.5 Å². The zero-order valence-corrected chi connectivity index (χ0v) is 10.8. The molecule has 0 aliphatic carbocycles. The van der Waals surface area contributed by atoms with Gasteiger partial charge in [0.1, 0.15) is 0 Å². The summed E-state index contributed by atoms with van der Waals surface area (Å²) in [5.74, 6) is 7.50. The first-order valence-corrected chi connectivity index (χ1v) is 5.56. The van der Waals surface area contributed by atoms with Gasteiger partial charge in [0.25, 0.3) is 0 Å². The molecule has 0 amide bonds. The van der Waals surface area contributed by atoms with Gasteiger partial charge in [-0.25, -0.2) is 0 Å². The highest BCUT2D eigenvalue weighted by atomic mass is 16.5. The normalized spacial score (nSPS) is 11.3. The van der Waals surface area contributed by atoms with E-state index in [1.165, 1.54) is 0 Å².